The number of hydrogen-bond donors (Lipinski definition) is 1. The Bertz CT molecular complexity index is 2010. The van der Waals surface area contributed by atoms with Gasteiger partial charge in [0.25, 0.3) is 5.56 Å². The van der Waals surface area contributed by atoms with Gasteiger partial charge in [-0.2, -0.15) is 10.2 Å². The molecule has 3 aromatic heterocycles. The van der Waals surface area contributed by atoms with E-state index in [-0.39, 0.29) is 40.3 Å². The highest BCUT2D eigenvalue weighted by Crippen LogP contribution is 2.23. The van der Waals surface area contributed by atoms with Gasteiger partial charge in [-0.15, -0.1) is 0 Å². The average Bonchev–Trinajstić information content (AvgIpc) is 2.90. The summed E-state index contributed by atoms with van der Waals surface area (Å²) < 4.78 is 32.0. The van der Waals surface area contributed by atoms with Gasteiger partial charge in [-0.05, 0) is 42.3 Å². The maximum Gasteiger partial charge on any atom is 0.359 e. The molecule has 5 rings (SSSR count). The third kappa shape index (κ3) is 4.66. The van der Waals surface area contributed by atoms with Crippen molar-refractivity contribution in [2.75, 3.05) is 5.32 Å². The van der Waals surface area contributed by atoms with Crippen LogP contribution in [-0.2, 0) is 13.6 Å². The summed E-state index contributed by atoms with van der Waals surface area (Å²) in [6, 6.07) is 9.23. The normalized spacial score (nSPS) is 10.9. The predicted octanol–water partition coefficient (Wildman–Crippen LogP) is 2.29. The molecule has 1 N–H and O–H groups in total. The molecule has 0 unspecified atom stereocenters. The van der Waals surface area contributed by atoms with E-state index in [1.807, 2.05) is 0 Å². The van der Waals surface area contributed by atoms with Crippen LogP contribution in [0.15, 0.2) is 69.5 Å². The lowest BCUT2D eigenvalue weighted by Crippen LogP contribution is -2.41. The van der Waals surface area contributed by atoms with Gasteiger partial charge < -0.3 is 9.88 Å². The van der Waals surface area contributed by atoms with Crippen molar-refractivity contribution < 1.29 is 8.78 Å². The first kappa shape index (κ1) is 25.2. The van der Waals surface area contributed by atoms with Crippen LogP contribution in [0.2, 0.25) is 0 Å². The number of anilines is 2. The van der Waals surface area contributed by atoms with E-state index in [0.717, 1.165) is 21.3 Å². The molecule has 0 aliphatic heterocycles. The third-order valence-corrected chi connectivity index (χ3v) is 5.93. The van der Waals surface area contributed by atoms with Gasteiger partial charge in [-0.1, -0.05) is 6.07 Å². The highest BCUT2D eigenvalue weighted by molar-refractivity contribution is 5.82. The van der Waals surface area contributed by atoms with Crippen molar-refractivity contribution in [3.63, 3.8) is 0 Å². The zero-order valence-electron chi connectivity index (χ0n) is 20.5. The molecule has 0 radical (unpaired) electrons. The average molecular weight is 528 g/mol. The van der Waals surface area contributed by atoms with E-state index < -0.39 is 28.6 Å². The molecule has 0 atom stereocenters. The summed E-state index contributed by atoms with van der Waals surface area (Å²) in [6.07, 6.45) is 4.11. The summed E-state index contributed by atoms with van der Waals surface area (Å²) in [5.74, 6) is -1.90. The van der Waals surface area contributed by atoms with E-state index in [9.17, 15) is 24.0 Å². The molecule has 5 aromatic rings. The SMILES string of the molecule is Cc1cncc(-n2c(=O)nc(Nc3cc4c(=O)n(C)cnc4cc3F)n(Cc3ccc(F)c(C#N)c3)c2=O)c1. The summed E-state index contributed by atoms with van der Waals surface area (Å²) in [5.41, 5.74) is -1.46. The van der Waals surface area contributed by atoms with Crippen LogP contribution in [0.4, 0.5) is 20.4 Å². The molecule has 0 saturated carbocycles. The van der Waals surface area contributed by atoms with E-state index in [1.165, 1.54) is 42.3 Å². The monoisotopic (exact) mass is 528 g/mol. The minimum Gasteiger partial charge on any atom is -0.323 e. The molecule has 0 saturated heterocycles. The zero-order chi connectivity index (χ0) is 27.8. The van der Waals surface area contributed by atoms with Gasteiger partial charge >= 0.3 is 11.4 Å². The molecule has 39 heavy (non-hydrogen) atoms. The molecule has 0 bridgehead atoms. The number of halogens is 2. The first-order valence-corrected chi connectivity index (χ1v) is 11.4. The summed E-state index contributed by atoms with van der Waals surface area (Å²) in [4.78, 5) is 51.3. The number of benzene rings is 2. The van der Waals surface area contributed by atoms with E-state index >= 15 is 4.39 Å². The quantitative estimate of drug-likeness (QED) is 0.366. The Kier molecular flexibility index (Phi) is 6.29. The molecule has 13 heteroatoms. The van der Waals surface area contributed by atoms with Crippen molar-refractivity contribution in [1.82, 2.24) is 28.7 Å². The van der Waals surface area contributed by atoms with E-state index in [2.05, 4.69) is 20.3 Å². The number of aryl methyl sites for hydroxylation is 2. The molecule has 2 aromatic carbocycles. The Morgan fingerprint density at radius 3 is 2.59 bits per heavy atom. The topological polar surface area (TPSA) is 140 Å². The van der Waals surface area contributed by atoms with Gasteiger partial charge in [0.15, 0.2) is 0 Å². The molecule has 0 fully saturated rings. The minimum atomic E-state index is -0.971. The van der Waals surface area contributed by atoms with Crippen LogP contribution < -0.4 is 22.3 Å². The number of nitriles is 1. The molecule has 0 aliphatic rings. The number of hydrogen-bond acceptors (Lipinski definition) is 8. The standard InChI is InChI=1S/C26H18F2N8O3/c1-14-5-17(11-30-10-14)36-25(38)33-24(35(26(36)39)12-15-3-4-19(27)16(6-15)9-29)32-22-7-18-21(8-20(22)28)31-13-34(2)23(18)37/h3-8,10-11,13H,12H2,1-2H3,(H,32,33,38). The first-order valence-electron chi connectivity index (χ1n) is 11.4. The highest BCUT2D eigenvalue weighted by atomic mass is 19.1. The van der Waals surface area contributed by atoms with Crippen LogP contribution in [-0.4, -0.2) is 28.7 Å². The zero-order valence-corrected chi connectivity index (χ0v) is 20.5. The Labute approximate surface area is 217 Å². The maximum absolute atomic E-state index is 15.0. The minimum absolute atomic E-state index is 0.0918. The number of nitrogens with zero attached hydrogens (tertiary/aromatic N) is 7. The van der Waals surface area contributed by atoms with Crippen LogP contribution in [0.5, 0.6) is 0 Å². The smallest absolute Gasteiger partial charge is 0.323 e. The summed E-state index contributed by atoms with van der Waals surface area (Å²) in [5, 5.41) is 12.0. The van der Waals surface area contributed by atoms with Gasteiger partial charge in [0.1, 0.15) is 17.7 Å². The second kappa shape index (κ2) is 9.75. The molecule has 11 nitrogen and oxygen atoms in total. The summed E-state index contributed by atoms with van der Waals surface area (Å²) in [6.45, 7) is 1.47. The van der Waals surface area contributed by atoms with Crippen molar-refractivity contribution in [2.24, 2.45) is 7.05 Å². The second-order valence-electron chi connectivity index (χ2n) is 8.70. The first-order chi connectivity index (χ1) is 18.7. The third-order valence-electron chi connectivity index (χ3n) is 5.93. The Hall–Kier alpha value is -5.51. The molecular formula is C26H18F2N8O3. The van der Waals surface area contributed by atoms with Crippen LogP contribution in [0.3, 0.4) is 0 Å². The van der Waals surface area contributed by atoms with Crippen molar-refractivity contribution in [2.45, 2.75) is 13.5 Å². The van der Waals surface area contributed by atoms with Gasteiger partial charge in [-0.3, -0.25) is 14.3 Å². The molecular weight excluding hydrogens is 510 g/mol. The van der Waals surface area contributed by atoms with Gasteiger partial charge in [0, 0.05) is 19.3 Å². The lowest BCUT2D eigenvalue weighted by molar-refractivity contribution is 0.618. The van der Waals surface area contributed by atoms with Crippen LogP contribution in [0.25, 0.3) is 16.6 Å². The highest BCUT2D eigenvalue weighted by Gasteiger charge is 2.18. The maximum atomic E-state index is 15.0. The van der Waals surface area contributed by atoms with E-state index in [0.29, 0.717) is 11.1 Å². The van der Waals surface area contributed by atoms with Crippen molar-refractivity contribution in [3.8, 4) is 11.8 Å². The summed E-state index contributed by atoms with van der Waals surface area (Å²) >= 11 is 0. The second-order valence-corrected chi connectivity index (χ2v) is 8.70. The fourth-order valence-corrected chi connectivity index (χ4v) is 4.00. The summed E-state index contributed by atoms with van der Waals surface area (Å²) in [7, 11) is 1.49. The molecule has 0 aliphatic carbocycles. The fraction of sp³-hybridized carbons (Fsp3) is 0.115. The molecule has 0 spiro atoms. The van der Waals surface area contributed by atoms with Gasteiger partial charge in [-0.25, -0.2) is 27.9 Å². The lowest BCUT2D eigenvalue weighted by Gasteiger charge is -2.16. The Morgan fingerprint density at radius 2 is 1.85 bits per heavy atom. The number of pyridine rings is 1. The van der Waals surface area contributed by atoms with Gasteiger partial charge in [0.05, 0.1) is 46.9 Å². The number of nitrogens with one attached hydrogen (secondary N) is 1. The lowest BCUT2D eigenvalue weighted by atomic mass is 10.1. The van der Waals surface area contributed by atoms with Gasteiger partial charge in [0.2, 0.25) is 5.95 Å². The number of aromatic nitrogens is 6. The fourth-order valence-electron chi connectivity index (χ4n) is 4.00. The van der Waals surface area contributed by atoms with Crippen molar-refractivity contribution in [1.29, 1.82) is 5.26 Å². The van der Waals surface area contributed by atoms with Crippen molar-refractivity contribution in [3.05, 3.63) is 115 Å². The number of rotatable bonds is 5. The van der Waals surface area contributed by atoms with E-state index in [4.69, 9.17) is 0 Å². The van der Waals surface area contributed by atoms with Crippen LogP contribution in [0, 0.1) is 29.9 Å². The van der Waals surface area contributed by atoms with E-state index in [1.54, 1.807) is 25.3 Å². The Balaban J connectivity index is 1.71. The largest absolute Gasteiger partial charge is 0.359 e. The predicted molar refractivity (Wildman–Crippen MR) is 137 cm³/mol. The molecule has 3 heterocycles. The Morgan fingerprint density at radius 1 is 1.05 bits per heavy atom. The van der Waals surface area contributed by atoms with Crippen LogP contribution >= 0.6 is 0 Å². The number of fused-ring (bicyclic) bond motifs is 1. The van der Waals surface area contributed by atoms with Crippen molar-refractivity contribution >= 4 is 22.5 Å². The molecule has 0 amide bonds. The molecule has 194 valence electrons. The van der Waals surface area contributed by atoms with Crippen LogP contribution in [0.1, 0.15) is 16.7 Å².